The van der Waals surface area contributed by atoms with Gasteiger partial charge in [0.05, 0.1) is 23.5 Å². The van der Waals surface area contributed by atoms with Gasteiger partial charge < -0.3 is 15.2 Å². The zero-order valence-corrected chi connectivity index (χ0v) is 13.7. The maximum absolute atomic E-state index is 12.5. The van der Waals surface area contributed by atoms with Gasteiger partial charge in [-0.15, -0.1) is 0 Å². The topological polar surface area (TPSA) is 92.7 Å². The van der Waals surface area contributed by atoms with Gasteiger partial charge in [0, 0.05) is 5.69 Å². The quantitative estimate of drug-likeness (QED) is 0.639. The molecule has 0 radical (unpaired) electrons. The van der Waals surface area contributed by atoms with Gasteiger partial charge in [0.15, 0.2) is 0 Å². The number of anilines is 1. The molecule has 0 unspecified atom stereocenters. The van der Waals surface area contributed by atoms with Crippen LogP contribution in [0.5, 0.6) is 0 Å². The number of ether oxygens (including phenoxy) is 1. The first kappa shape index (κ1) is 17.7. The Morgan fingerprint density at radius 2 is 1.92 bits per heavy atom. The fraction of sp³-hybridized carbons (Fsp3) is 0.389. The summed E-state index contributed by atoms with van der Waals surface area (Å²) in [5.41, 5.74) is -0.217. The maximum atomic E-state index is 12.5. The number of carboxylic acid groups (broad SMARTS) is 1. The third-order valence-corrected chi connectivity index (χ3v) is 4.32. The minimum atomic E-state index is -1.12. The smallest absolute Gasteiger partial charge is 0.338 e. The number of aliphatic carboxylic acids is 1. The Balaban J connectivity index is 2.10. The Morgan fingerprint density at radius 1 is 1.25 bits per heavy atom. The molecule has 128 valence electrons. The summed E-state index contributed by atoms with van der Waals surface area (Å²) in [6.45, 7) is 3.61. The van der Waals surface area contributed by atoms with E-state index in [0.29, 0.717) is 30.7 Å². The van der Waals surface area contributed by atoms with Gasteiger partial charge in [-0.1, -0.05) is 12.2 Å². The number of esters is 1. The Bertz CT molecular complexity index is 664. The molecule has 0 heterocycles. The van der Waals surface area contributed by atoms with E-state index in [2.05, 4.69) is 5.32 Å². The van der Waals surface area contributed by atoms with Crippen molar-refractivity contribution in [1.29, 1.82) is 0 Å². The van der Waals surface area contributed by atoms with E-state index in [9.17, 15) is 19.5 Å². The van der Waals surface area contributed by atoms with Crippen molar-refractivity contribution in [2.75, 3.05) is 11.9 Å². The van der Waals surface area contributed by atoms with E-state index in [4.69, 9.17) is 4.74 Å². The molecular weight excluding hydrogens is 310 g/mol. The molecule has 0 saturated heterocycles. The maximum Gasteiger partial charge on any atom is 0.338 e. The SMILES string of the molecule is CCOC(=O)c1ccc(NC(=O)[C@H]2CC=CC[C@]2(C)C(=O)O)cc1. The highest BCUT2D eigenvalue weighted by Gasteiger charge is 2.45. The van der Waals surface area contributed by atoms with Gasteiger partial charge >= 0.3 is 11.9 Å². The third-order valence-electron chi connectivity index (χ3n) is 4.32. The third kappa shape index (κ3) is 3.64. The molecule has 24 heavy (non-hydrogen) atoms. The molecule has 2 N–H and O–H groups in total. The molecular formula is C18H21NO5. The highest BCUT2D eigenvalue weighted by molar-refractivity contribution is 5.97. The van der Waals surface area contributed by atoms with E-state index in [1.54, 1.807) is 44.2 Å². The number of hydrogen-bond donors (Lipinski definition) is 2. The van der Waals surface area contributed by atoms with Crippen molar-refractivity contribution in [3.05, 3.63) is 42.0 Å². The highest BCUT2D eigenvalue weighted by Crippen LogP contribution is 2.38. The minimum Gasteiger partial charge on any atom is -0.481 e. The highest BCUT2D eigenvalue weighted by atomic mass is 16.5. The first-order valence-electron chi connectivity index (χ1n) is 7.85. The van der Waals surface area contributed by atoms with Crippen molar-refractivity contribution in [3.8, 4) is 0 Å². The number of carbonyl (C=O) groups is 3. The van der Waals surface area contributed by atoms with Crippen molar-refractivity contribution in [2.45, 2.75) is 26.7 Å². The largest absolute Gasteiger partial charge is 0.481 e. The summed E-state index contributed by atoms with van der Waals surface area (Å²) in [6.07, 6.45) is 4.34. The lowest BCUT2D eigenvalue weighted by molar-refractivity contribution is -0.154. The van der Waals surface area contributed by atoms with E-state index in [0.717, 1.165) is 0 Å². The fourth-order valence-electron chi connectivity index (χ4n) is 2.73. The van der Waals surface area contributed by atoms with Gasteiger partial charge in [0.1, 0.15) is 0 Å². The monoisotopic (exact) mass is 331 g/mol. The number of rotatable bonds is 5. The summed E-state index contributed by atoms with van der Waals surface area (Å²) in [5, 5.41) is 12.2. The zero-order valence-electron chi connectivity index (χ0n) is 13.7. The van der Waals surface area contributed by atoms with Crippen LogP contribution in [-0.4, -0.2) is 29.6 Å². The Kier molecular flexibility index (Phi) is 5.39. The number of allylic oxidation sites excluding steroid dienone is 2. The summed E-state index contributed by atoms with van der Waals surface area (Å²) in [5.74, 6) is -2.39. The molecule has 0 aliphatic heterocycles. The molecule has 0 spiro atoms. The van der Waals surface area contributed by atoms with Crippen LogP contribution in [0.25, 0.3) is 0 Å². The van der Waals surface area contributed by atoms with Gasteiger partial charge in [0.25, 0.3) is 0 Å². The lowest BCUT2D eigenvalue weighted by Gasteiger charge is -2.34. The molecule has 1 aromatic rings. The van der Waals surface area contributed by atoms with Gasteiger partial charge in [-0.25, -0.2) is 4.79 Å². The molecule has 6 nitrogen and oxygen atoms in total. The van der Waals surface area contributed by atoms with Crippen LogP contribution in [-0.2, 0) is 14.3 Å². The lowest BCUT2D eigenvalue weighted by atomic mass is 9.69. The average Bonchev–Trinajstić information content (AvgIpc) is 2.56. The molecule has 1 aromatic carbocycles. The molecule has 1 aliphatic rings. The normalized spacial score (nSPS) is 22.7. The van der Waals surface area contributed by atoms with E-state index in [-0.39, 0.29) is 5.91 Å². The van der Waals surface area contributed by atoms with Crippen molar-refractivity contribution in [1.82, 2.24) is 0 Å². The first-order chi connectivity index (χ1) is 11.4. The molecule has 0 bridgehead atoms. The summed E-state index contributed by atoms with van der Waals surface area (Å²) >= 11 is 0. The second kappa shape index (κ2) is 7.29. The Hall–Kier alpha value is -2.63. The van der Waals surface area contributed by atoms with Gasteiger partial charge in [-0.3, -0.25) is 9.59 Å². The number of benzene rings is 1. The Labute approximate surface area is 140 Å². The van der Waals surface area contributed by atoms with E-state index in [1.165, 1.54) is 0 Å². The van der Waals surface area contributed by atoms with Crippen molar-refractivity contribution < 1.29 is 24.2 Å². The number of carboxylic acids is 1. The van der Waals surface area contributed by atoms with Crippen molar-refractivity contribution in [2.24, 2.45) is 11.3 Å². The van der Waals surface area contributed by atoms with Crippen LogP contribution in [0.1, 0.15) is 37.0 Å². The van der Waals surface area contributed by atoms with Crippen LogP contribution in [0.4, 0.5) is 5.69 Å². The molecule has 2 rings (SSSR count). The van der Waals surface area contributed by atoms with Crippen LogP contribution in [0, 0.1) is 11.3 Å². The van der Waals surface area contributed by atoms with Gasteiger partial charge in [-0.05, 0) is 51.0 Å². The molecule has 0 aromatic heterocycles. The van der Waals surface area contributed by atoms with Crippen molar-refractivity contribution >= 4 is 23.5 Å². The summed E-state index contributed by atoms with van der Waals surface area (Å²) in [6, 6.07) is 6.32. The molecule has 1 aliphatic carbocycles. The van der Waals surface area contributed by atoms with Crippen LogP contribution in [0.2, 0.25) is 0 Å². The second-order valence-electron chi connectivity index (χ2n) is 5.97. The summed E-state index contributed by atoms with van der Waals surface area (Å²) < 4.78 is 4.90. The van der Waals surface area contributed by atoms with Crippen molar-refractivity contribution in [3.63, 3.8) is 0 Å². The average molecular weight is 331 g/mol. The second-order valence-corrected chi connectivity index (χ2v) is 5.97. The van der Waals surface area contributed by atoms with Crippen LogP contribution in [0.15, 0.2) is 36.4 Å². The van der Waals surface area contributed by atoms with Gasteiger partial charge in [0.2, 0.25) is 5.91 Å². The van der Waals surface area contributed by atoms with Crippen LogP contribution in [0.3, 0.4) is 0 Å². The minimum absolute atomic E-state index is 0.292. The predicted molar refractivity (Wildman–Crippen MR) is 88.6 cm³/mol. The number of carbonyl (C=O) groups excluding carboxylic acids is 2. The van der Waals surface area contributed by atoms with E-state index < -0.39 is 23.3 Å². The van der Waals surface area contributed by atoms with E-state index in [1.807, 2.05) is 6.08 Å². The summed E-state index contributed by atoms with van der Waals surface area (Å²) in [4.78, 5) is 35.7. The Morgan fingerprint density at radius 3 is 2.50 bits per heavy atom. The number of nitrogens with one attached hydrogen (secondary N) is 1. The fourth-order valence-corrected chi connectivity index (χ4v) is 2.73. The molecule has 2 atom stereocenters. The molecule has 6 heteroatoms. The lowest BCUT2D eigenvalue weighted by Crippen LogP contribution is -2.43. The molecule has 1 amide bonds. The molecule has 0 saturated carbocycles. The zero-order chi connectivity index (χ0) is 17.7. The summed E-state index contributed by atoms with van der Waals surface area (Å²) in [7, 11) is 0. The number of hydrogen-bond acceptors (Lipinski definition) is 4. The number of amides is 1. The first-order valence-corrected chi connectivity index (χ1v) is 7.85. The van der Waals surface area contributed by atoms with E-state index >= 15 is 0 Å². The predicted octanol–water partition coefficient (Wildman–Crippen LogP) is 2.86. The van der Waals surface area contributed by atoms with Crippen LogP contribution >= 0.6 is 0 Å². The molecule has 0 fully saturated rings. The standard InChI is InChI=1S/C18H21NO5/c1-3-24-16(21)12-7-9-13(10-8-12)19-15(20)14-6-4-5-11-18(14,2)17(22)23/h4-5,7-10,14H,3,6,11H2,1-2H3,(H,19,20)(H,22,23)/t14-,18+/m1/s1. The van der Waals surface area contributed by atoms with Crippen LogP contribution < -0.4 is 5.32 Å². The van der Waals surface area contributed by atoms with Gasteiger partial charge in [-0.2, -0.15) is 0 Å².